The number of carbonyl (C=O) groups is 3. The smallest absolute Gasteiger partial charge is 0.357 e. The van der Waals surface area contributed by atoms with Gasteiger partial charge in [-0.05, 0) is 6.92 Å². The predicted molar refractivity (Wildman–Crippen MR) is 111 cm³/mol. The lowest BCUT2D eigenvalue weighted by Gasteiger charge is -2.12. The number of carbonyl (C=O) groups excluding carboxylic acids is 3. The summed E-state index contributed by atoms with van der Waals surface area (Å²) in [6, 6.07) is 18.3. The van der Waals surface area contributed by atoms with Crippen LogP contribution in [0.25, 0.3) is 0 Å². The maximum atomic E-state index is 12.7. The molecule has 156 valence electrons. The van der Waals surface area contributed by atoms with Gasteiger partial charge >= 0.3 is 17.9 Å². The second kappa shape index (κ2) is 11.3. The summed E-state index contributed by atoms with van der Waals surface area (Å²) >= 11 is 0. The molecule has 0 atom stereocenters. The van der Waals surface area contributed by atoms with Gasteiger partial charge in [-0.25, -0.2) is 14.6 Å². The molecule has 0 saturated carbocycles. The molecule has 7 nitrogen and oxygen atoms in total. The van der Waals surface area contributed by atoms with E-state index in [-0.39, 0.29) is 17.9 Å². The van der Waals surface area contributed by atoms with Crippen LogP contribution >= 0.6 is 0 Å². The molecule has 0 N–H and O–H groups in total. The Morgan fingerprint density at radius 1 is 0.800 bits per heavy atom. The van der Waals surface area contributed by atoms with Crippen LogP contribution in [-0.2, 0) is 28.6 Å². The first-order valence-corrected chi connectivity index (χ1v) is 9.26. The third-order valence-corrected chi connectivity index (χ3v) is 4.05. The predicted octanol–water partition coefficient (Wildman–Crippen LogP) is 3.08. The van der Waals surface area contributed by atoms with Crippen LogP contribution in [0.15, 0.2) is 76.9 Å². The Labute approximate surface area is 175 Å². The quantitative estimate of drug-likeness (QED) is 0.288. The fourth-order valence-corrected chi connectivity index (χ4v) is 2.63. The maximum absolute atomic E-state index is 12.7. The van der Waals surface area contributed by atoms with Crippen LogP contribution < -0.4 is 0 Å². The van der Waals surface area contributed by atoms with Crippen molar-refractivity contribution in [1.82, 2.24) is 0 Å². The topological polar surface area (TPSA) is 91.3 Å². The Kier molecular flexibility index (Phi) is 8.50. The monoisotopic (exact) mass is 409 g/mol. The summed E-state index contributed by atoms with van der Waals surface area (Å²) in [7, 11) is 2.34. The number of nitrogens with zero attached hydrogens (tertiary/aromatic N) is 1. The molecule has 0 fully saturated rings. The van der Waals surface area contributed by atoms with Crippen molar-refractivity contribution < 1.29 is 28.6 Å². The van der Waals surface area contributed by atoms with Crippen LogP contribution in [-0.4, -0.2) is 44.4 Å². The van der Waals surface area contributed by atoms with Crippen molar-refractivity contribution in [3.05, 3.63) is 83.1 Å². The molecular formula is C23H23NO6. The van der Waals surface area contributed by atoms with Crippen molar-refractivity contribution in [3.8, 4) is 0 Å². The van der Waals surface area contributed by atoms with Gasteiger partial charge in [-0.15, -0.1) is 0 Å². The van der Waals surface area contributed by atoms with Gasteiger partial charge in [0, 0.05) is 11.1 Å². The lowest BCUT2D eigenvalue weighted by molar-refractivity contribution is -0.144. The minimum atomic E-state index is -0.868. The van der Waals surface area contributed by atoms with Gasteiger partial charge in [-0.3, -0.25) is 4.79 Å². The molecule has 0 spiro atoms. The summed E-state index contributed by atoms with van der Waals surface area (Å²) in [5, 5.41) is 0. The molecule has 0 heterocycles. The molecule has 0 aliphatic rings. The van der Waals surface area contributed by atoms with Gasteiger partial charge in [0.2, 0.25) is 0 Å². The molecule has 0 amide bonds. The van der Waals surface area contributed by atoms with E-state index in [1.165, 1.54) is 7.11 Å². The van der Waals surface area contributed by atoms with Gasteiger partial charge in [0.25, 0.3) is 0 Å². The zero-order chi connectivity index (χ0) is 21.9. The van der Waals surface area contributed by atoms with Crippen molar-refractivity contribution in [3.63, 3.8) is 0 Å². The lowest BCUT2D eigenvalue weighted by atomic mass is 10.0. The summed E-state index contributed by atoms with van der Waals surface area (Å²) in [6.07, 6.45) is -0.488. The molecule has 0 unspecified atom stereocenters. The summed E-state index contributed by atoms with van der Waals surface area (Å²) < 4.78 is 14.5. The van der Waals surface area contributed by atoms with E-state index in [4.69, 9.17) is 9.47 Å². The zero-order valence-electron chi connectivity index (χ0n) is 17.1. The highest BCUT2D eigenvalue weighted by Crippen LogP contribution is 2.20. The van der Waals surface area contributed by atoms with Gasteiger partial charge in [0.05, 0.1) is 38.5 Å². The summed E-state index contributed by atoms with van der Waals surface area (Å²) in [5.41, 5.74) is 1.31. The fraction of sp³-hybridized carbons (Fsp3) is 0.217. The van der Waals surface area contributed by atoms with Crippen LogP contribution in [0.5, 0.6) is 0 Å². The standard InChI is InChI=1S/C23H23NO6/c1-4-30-23(27)21(18(22(26)29-3)15-19(25)28-2)24-20(16-11-7-5-8-12-16)17-13-9-6-10-14-17/h5-14H,4,15H2,1-3H3/b21-18+. The second-order valence-corrected chi connectivity index (χ2v) is 5.98. The number of hydrogen-bond acceptors (Lipinski definition) is 7. The number of benzene rings is 2. The van der Waals surface area contributed by atoms with Gasteiger partial charge in [0.1, 0.15) is 0 Å². The van der Waals surface area contributed by atoms with Crippen LogP contribution in [0.4, 0.5) is 0 Å². The van der Waals surface area contributed by atoms with Gasteiger partial charge < -0.3 is 14.2 Å². The molecule has 7 heteroatoms. The average Bonchev–Trinajstić information content (AvgIpc) is 2.79. The number of rotatable bonds is 8. The van der Waals surface area contributed by atoms with Crippen LogP contribution in [0.2, 0.25) is 0 Å². The second-order valence-electron chi connectivity index (χ2n) is 5.98. The molecule has 2 aromatic carbocycles. The highest BCUT2D eigenvalue weighted by atomic mass is 16.5. The van der Waals surface area contributed by atoms with E-state index in [9.17, 15) is 14.4 Å². The molecule has 0 aliphatic carbocycles. The Hall–Kier alpha value is -3.74. The number of esters is 3. The molecule has 30 heavy (non-hydrogen) atoms. The SMILES string of the molecule is CCOC(=O)/C(N=C(c1ccccc1)c1ccccc1)=C(/CC(=O)OC)C(=O)OC. The summed E-state index contributed by atoms with van der Waals surface area (Å²) in [4.78, 5) is 41.5. The van der Waals surface area contributed by atoms with E-state index >= 15 is 0 Å². The van der Waals surface area contributed by atoms with Crippen molar-refractivity contribution in [2.75, 3.05) is 20.8 Å². The largest absolute Gasteiger partial charge is 0.469 e. The highest BCUT2D eigenvalue weighted by Gasteiger charge is 2.26. The van der Waals surface area contributed by atoms with E-state index in [0.717, 1.165) is 7.11 Å². The zero-order valence-corrected chi connectivity index (χ0v) is 17.1. The third kappa shape index (κ3) is 5.88. The van der Waals surface area contributed by atoms with Crippen molar-refractivity contribution in [2.24, 2.45) is 4.99 Å². The van der Waals surface area contributed by atoms with E-state index in [0.29, 0.717) is 16.8 Å². The molecule has 2 rings (SSSR count). The van der Waals surface area contributed by atoms with Crippen molar-refractivity contribution in [2.45, 2.75) is 13.3 Å². The van der Waals surface area contributed by atoms with Crippen LogP contribution in [0.1, 0.15) is 24.5 Å². The average molecular weight is 409 g/mol. The number of aliphatic imine (C=N–C) groups is 1. The van der Waals surface area contributed by atoms with Gasteiger partial charge in [0.15, 0.2) is 5.70 Å². The minimum absolute atomic E-state index is 0.0660. The molecule has 2 aromatic rings. The van der Waals surface area contributed by atoms with E-state index in [1.54, 1.807) is 6.92 Å². The van der Waals surface area contributed by atoms with Gasteiger partial charge in [-0.2, -0.15) is 0 Å². The van der Waals surface area contributed by atoms with E-state index in [2.05, 4.69) is 9.73 Å². The first kappa shape index (κ1) is 22.5. The number of methoxy groups -OCH3 is 2. The summed E-state index contributed by atoms with van der Waals surface area (Å²) in [5.74, 6) is -2.42. The molecule has 0 bridgehead atoms. The molecule has 0 radical (unpaired) electrons. The molecule has 0 aliphatic heterocycles. The fourth-order valence-electron chi connectivity index (χ4n) is 2.63. The third-order valence-electron chi connectivity index (χ3n) is 4.05. The highest BCUT2D eigenvalue weighted by molar-refractivity contribution is 6.15. The number of hydrogen-bond donors (Lipinski definition) is 0. The molecule has 0 saturated heterocycles. The Balaban J connectivity index is 2.79. The van der Waals surface area contributed by atoms with Crippen molar-refractivity contribution in [1.29, 1.82) is 0 Å². The molecule has 0 aromatic heterocycles. The first-order valence-electron chi connectivity index (χ1n) is 9.26. The van der Waals surface area contributed by atoms with Crippen LogP contribution in [0, 0.1) is 0 Å². The summed E-state index contributed by atoms with van der Waals surface area (Å²) in [6.45, 7) is 1.70. The Morgan fingerprint density at radius 2 is 1.33 bits per heavy atom. The minimum Gasteiger partial charge on any atom is -0.469 e. The Bertz CT molecular complexity index is 907. The maximum Gasteiger partial charge on any atom is 0.357 e. The van der Waals surface area contributed by atoms with E-state index < -0.39 is 24.3 Å². The van der Waals surface area contributed by atoms with E-state index in [1.807, 2.05) is 60.7 Å². The Morgan fingerprint density at radius 3 is 1.77 bits per heavy atom. The van der Waals surface area contributed by atoms with Crippen LogP contribution in [0.3, 0.4) is 0 Å². The van der Waals surface area contributed by atoms with Crippen molar-refractivity contribution >= 4 is 23.6 Å². The lowest BCUT2D eigenvalue weighted by Crippen LogP contribution is -2.19. The normalized spacial score (nSPS) is 11.0. The van der Waals surface area contributed by atoms with Gasteiger partial charge in [-0.1, -0.05) is 60.7 Å². The molecular weight excluding hydrogens is 386 g/mol. The first-order chi connectivity index (χ1) is 14.5. The number of ether oxygens (including phenoxy) is 3.